The number of nitrogens with one attached hydrogen (secondary N) is 5. The third-order valence-corrected chi connectivity index (χ3v) is 19.3. The van der Waals surface area contributed by atoms with Gasteiger partial charge in [0.2, 0.25) is 0 Å². The fraction of sp³-hybridized carbons (Fsp3) is 0.796. The van der Waals surface area contributed by atoms with Crippen LogP contribution in [0.25, 0.3) is 0 Å². The fourth-order valence-electron chi connectivity index (χ4n) is 11.2. The molecule has 6 aliphatic rings. The van der Waals surface area contributed by atoms with Gasteiger partial charge in [-0.1, -0.05) is 221 Å². The lowest BCUT2D eigenvalue weighted by Gasteiger charge is -2.32. The molecule has 4 aromatic rings. The van der Waals surface area contributed by atoms with Gasteiger partial charge in [0.1, 0.15) is 10.9 Å². The Morgan fingerprint density at radius 2 is 1.17 bits per heavy atom. The topological polar surface area (TPSA) is 182 Å². The van der Waals surface area contributed by atoms with Crippen molar-refractivity contribution in [3.8, 4) is 6.07 Å². The molecule has 672 valence electrons. The fourth-order valence-corrected chi connectivity index (χ4v) is 12.3. The monoisotopic (exact) mass is 1670 g/mol. The molecule has 8 heterocycles. The van der Waals surface area contributed by atoms with Crippen molar-refractivity contribution in [2.24, 2.45) is 5.92 Å². The number of nitrogens with zero attached hydrogens (tertiary/aromatic N) is 7. The van der Waals surface area contributed by atoms with Gasteiger partial charge in [-0.05, 0) is 214 Å². The number of hydrogen-bond donors (Lipinski definition) is 5. The zero-order chi connectivity index (χ0) is 86.6. The van der Waals surface area contributed by atoms with Crippen molar-refractivity contribution in [2.75, 3.05) is 164 Å². The number of aromatic nitrogens is 2. The summed E-state index contributed by atoms with van der Waals surface area (Å²) in [6.45, 7) is 42.0. The lowest BCUT2D eigenvalue weighted by atomic mass is 9.88. The van der Waals surface area contributed by atoms with Gasteiger partial charge in [0.25, 0.3) is 0 Å². The number of halogens is 2. The Kier molecular flexibility index (Phi) is 107. The van der Waals surface area contributed by atoms with Gasteiger partial charge in [-0.3, -0.25) is 4.98 Å². The molecule has 5 N–H and O–H groups in total. The van der Waals surface area contributed by atoms with Gasteiger partial charge in [0.05, 0.1) is 62.0 Å². The normalized spacial score (nSPS) is 16.9. The van der Waals surface area contributed by atoms with Crippen molar-refractivity contribution >= 4 is 34.5 Å². The minimum Gasteiger partial charge on any atom is -0.468 e. The molecule has 2 aliphatic carbocycles. The molecule has 21 heteroatoms. The Balaban J connectivity index is -0.000000275. The number of methoxy groups -OCH3 is 2. The van der Waals surface area contributed by atoms with Crippen molar-refractivity contribution < 1.29 is 28.1 Å². The number of rotatable bonds is 23. The van der Waals surface area contributed by atoms with E-state index in [-0.39, 0.29) is 0 Å². The van der Waals surface area contributed by atoms with Crippen LogP contribution in [0.1, 0.15) is 291 Å². The van der Waals surface area contributed by atoms with E-state index in [4.69, 9.17) is 56.6 Å². The lowest BCUT2D eigenvalue weighted by Crippen LogP contribution is -2.42. The summed E-state index contributed by atoms with van der Waals surface area (Å²) in [5.41, 5.74) is 2.24. The average Bonchev–Trinajstić information content (AvgIpc) is 1.01. The number of pyridine rings is 2. The predicted octanol–water partition coefficient (Wildman–Crippen LogP) is 22.4. The zero-order valence-electron chi connectivity index (χ0n) is 78.4. The van der Waals surface area contributed by atoms with Crippen LogP contribution in [0.4, 0.5) is 0 Å². The number of thiophene rings is 1. The molecule has 4 saturated heterocycles. The zero-order valence-corrected chi connectivity index (χ0v) is 80.7. The molecule has 6 fully saturated rings. The van der Waals surface area contributed by atoms with Crippen LogP contribution in [0.5, 0.6) is 0 Å². The molecule has 10 rings (SSSR count). The summed E-state index contributed by atoms with van der Waals surface area (Å²) < 4.78 is 30.7. The van der Waals surface area contributed by atoms with Gasteiger partial charge in [-0.15, -0.1) is 11.3 Å². The minimum absolute atomic E-state index is 0.416. The van der Waals surface area contributed by atoms with Crippen molar-refractivity contribution in [3.63, 3.8) is 0 Å². The quantitative estimate of drug-likeness (QED) is 0.0349. The molecule has 0 spiro atoms. The molecule has 4 aromatic heterocycles. The first kappa shape index (κ1) is 122. The Hall–Kier alpha value is -3.21. The van der Waals surface area contributed by atoms with E-state index in [2.05, 4.69) is 178 Å². The molecule has 0 aromatic carbocycles. The second-order valence-corrected chi connectivity index (χ2v) is 31.7. The van der Waals surface area contributed by atoms with Gasteiger partial charge in [0, 0.05) is 116 Å². The summed E-state index contributed by atoms with van der Waals surface area (Å²) in [6.07, 6.45) is 47.1. The van der Waals surface area contributed by atoms with Crippen LogP contribution < -0.4 is 26.6 Å². The number of likely N-dealkylation sites (tertiary alicyclic amines) is 1. The summed E-state index contributed by atoms with van der Waals surface area (Å²) in [5, 5.41) is 26.5. The molecule has 0 bridgehead atoms. The molecule has 0 radical (unpaired) electrons. The van der Waals surface area contributed by atoms with Gasteiger partial charge >= 0.3 is 0 Å². The Bertz CT molecular complexity index is 2320. The maximum absolute atomic E-state index is 7.82. The van der Waals surface area contributed by atoms with Crippen molar-refractivity contribution in [2.45, 2.75) is 320 Å². The van der Waals surface area contributed by atoms with Crippen LogP contribution in [-0.2, 0) is 49.9 Å². The number of morpholine rings is 2. The molecule has 114 heavy (non-hydrogen) atoms. The van der Waals surface area contributed by atoms with E-state index in [0.29, 0.717) is 29.9 Å². The van der Waals surface area contributed by atoms with Crippen LogP contribution in [0.3, 0.4) is 0 Å². The lowest BCUT2D eigenvalue weighted by molar-refractivity contribution is -0.0602. The SMILES string of the molecule is CC1CN(C)CC(C)O1.CCC.CCC1CCCCC1.CCCC.CCCC#N.CCCC1CCCO1.CCCCC.CCCCCOC.CN1CCCCCC1.CN1CCOCC1.CNC1CCCC1.CNCc1ccco1.CNCc1cccs1.CNCc1ccnc(Cl)c1.CNCc1ccncc1Cl.COCCN(C)C. The van der Waals surface area contributed by atoms with E-state index in [9.17, 15) is 0 Å². The second-order valence-electron chi connectivity index (χ2n) is 29.9. The number of unbranched alkanes of at least 4 members (excludes halogenated alkanes) is 6. The largest absolute Gasteiger partial charge is 0.468 e. The van der Waals surface area contributed by atoms with Crippen LogP contribution in [0.15, 0.2) is 77.1 Å². The number of furan rings is 1. The number of nitriles is 1. The molecule has 3 unspecified atom stereocenters. The minimum atomic E-state index is 0.416. The smallest absolute Gasteiger partial charge is 0.129 e. The summed E-state index contributed by atoms with van der Waals surface area (Å²) in [4.78, 5) is 18.2. The van der Waals surface area contributed by atoms with Gasteiger partial charge in [-0.25, -0.2) is 4.98 Å². The van der Waals surface area contributed by atoms with E-state index in [1.54, 1.807) is 50.4 Å². The third kappa shape index (κ3) is 95.9. The number of likely N-dealkylation sites (N-methyl/N-ethyl adjacent to an activating group) is 3. The maximum Gasteiger partial charge on any atom is 0.129 e. The molecule has 18 nitrogen and oxygen atoms in total. The second kappa shape index (κ2) is 100. The maximum atomic E-state index is 7.82. The highest BCUT2D eigenvalue weighted by Crippen LogP contribution is 2.25. The Morgan fingerprint density at radius 1 is 0.596 bits per heavy atom. The molecule has 4 aliphatic heterocycles. The van der Waals surface area contributed by atoms with Gasteiger partial charge < -0.3 is 74.3 Å². The molecule has 0 amide bonds. The van der Waals surface area contributed by atoms with Gasteiger partial charge in [0.15, 0.2) is 0 Å². The van der Waals surface area contributed by atoms with Crippen LogP contribution in [0.2, 0.25) is 10.2 Å². The highest BCUT2D eigenvalue weighted by Gasteiger charge is 2.19. The van der Waals surface area contributed by atoms with E-state index >= 15 is 0 Å². The van der Waals surface area contributed by atoms with Crippen LogP contribution >= 0.6 is 34.5 Å². The van der Waals surface area contributed by atoms with Gasteiger partial charge in [-0.2, -0.15) is 5.26 Å². The van der Waals surface area contributed by atoms with Crippen molar-refractivity contribution in [1.29, 1.82) is 5.26 Å². The van der Waals surface area contributed by atoms with E-state index in [0.717, 1.165) is 132 Å². The van der Waals surface area contributed by atoms with Crippen LogP contribution in [-0.4, -0.2) is 217 Å². The van der Waals surface area contributed by atoms with E-state index < -0.39 is 0 Å². The molecular weight excluding hydrogens is 1480 g/mol. The number of ether oxygens (including phenoxy) is 5. The molecule has 3 atom stereocenters. The van der Waals surface area contributed by atoms with Crippen molar-refractivity contribution in [1.82, 2.24) is 56.2 Å². The summed E-state index contributed by atoms with van der Waals surface area (Å²) in [7, 11) is 23.7. The molecule has 2 saturated carbocycles. The molecular formula is C93H184Cl2N12O6S. The predicted molar refractivity (Wildman–Crippen MR) is 501 cm³/mol. The highest BCUT2D eigenvalue weighted by molar-refractivity contribution is 7.09. The number of hydrogen-bond acceptors (Lipinski definition) is 19. The average molecular weight is 1670 g/mol. The first-order valence-electron chi connectivity index (χ1n) is 44.5. The first-order valence-corrected chi connectivity index (χ1v) is 46.2. The standard InChI is InChI=1S/C8H16.2C7H9ClN2.C7H15NO.C7H15N.C7H14O.C6H9NO.C6H9NS.C6H13N.C6H14O.C5H11NO.C5H13NO.C5H12.C4H7N.C4H10.C3H8/c1-2-8-6-4-3-5-7-8;1-9-4-6-2-3-10-5-7(6)8;1-9-5-6-2-3-10-7(8)4-6;1-6-4-8(3)5-7(2)9-6;1-8-6-4-2-3-5-7-8;1-2-4-7-5-3-6-8-7;2*1-7-5-6-3-2-4-8-6;1-7-6-4-2-3-5-6;1-3-4-5-6-7-2;1-6-2-4-7-5-3-6;1-6(2)4-5-7-3;1-3-5-4-2;1-2-3-4-5;1-3-4-2;1-3-2/h8H,2-7H2,1H3;2-3,5,9H,4H2,1H3;2-4,9H,5H2,1H3;6-7H,4-5H2,1-3H3;2-7H2,1H3;7H,2-6H2,1H3;2*2-4,7H,5H2,1H3;6-7H,2-5H2,1H3;3-6H2,1-2H3;2-5H2,1H3;4-5H2,1-3H3;3-5H2,1-2H3;2-3H2,1H3;3-4H2,1-2H3;3H2,1-2H3. The summed E-state index contributed by atoms with van der Waals surface area (Å²) in [6, 6.07) is 16.6. The third-order valence-electron chi connectivity index (χ3n) is 17.9. The Labute approximate surface area is 719 Å². The van der Waals surface area contributed by atoms with E-state index in [1.165, 1.54) is 191 Å². The van der Waals surface area contributed by atoms with Crippen LogP contribution in [0, 0.1) is 17.2 Å². The Morgan fingerprint density at radius 3 is 1.54 bits per heavy atom. The first-order chi connectivity index (χ1) is 55.1. The van der Waals surface area contributed by atoms with E-state index in [1.807, 2.05) is 85.6 Å². The summed E-state index contributed by atoms with van der Waals surface area (Å²) in [5.74, 6) is 2.07. The summed E-state index contributed by atoms with van der Waals surface area (Å²) >= 11 is 13.2. The highest BCUT2D eigenvalue weighted by atomic mass is 35.5. The van der Waals surface area contributed by atoms with Crippen molar-refractivity contribution in [3.05, 3.63) is 105 Å².